The first-order valence-corrected chi connectivity index (χ1v) is 14.0. The van der Waals surface area contributed by atoms with Crippen LogP contribution in [0.5, 0.6) is 0 Å². The molecule has 16 heavy (non-hydrogen) atoms. The maximum atomic E-state index is 4.04. The normalized spacial score (nSPS) is 14.7. The Balaban J connectivity index is 5.66. The summed E-state index contributed by atoms with van der Waals surface area (Å²) in [6, 6.07) is 0. The lowest BCUT2D eigenvalue weighted by molar-refractivity contribution is 1.00. The molecular weight excluding hydrogens is 246 g/mol. The van der Waals surface area contributed by atoms with Crippen LogP contribution in [-0.4, -0.2) is 32.6 Å². The van der Waals surface area contributed by atoms with Crippen LogP contribution in [0.15, 0.2) is 36.5 Å². The van der Waals surface area contributed by atoms with Crippen LogP contribution in [0.4, 0.5) is 0 Å². The molecule has 0 aromatic rings. The molecule has 0 aliphatic carbocycles. The van der Waals surface area contributed by atoms with Crippen molar-refractivity contribution in [1.82, 2.24) is 3.64 Å². The van der Waals surface area contributed by atoms with Gasteiger partial charge in [-0.25, -0.2) is 0 Å². The summed E-state index contributed by atoms with van der Waals surface area (Å²) >= 11 is 0. The van der Waals surface area contributed by atoms with Gasteiger partial charge in [-0.3, -0.25) is 3.64 Å². The Morgan fingerprint density at radius 2 is 1.19 bits per heavy atom. The Morgan fingerprint density at radius 1 is 0.875 bits per heavy atom. The van der Waals surface area contributed by atoms with Gasteiger partial charge in [-0.05, 0) is 17.9 Å². The van der Waals surface area contributed by atoms with E-state index >= 15 is 0 Å². The molecular formula is C12H27NSSi2. The van der Waals surface area contributed by atoms with Crippen LogP contribution in [0.2, 0.25) is 26.2 Å². The molecule has 0 saturated heterocycles. The maximum absolute atomic E-state index is 4.04. The molecule has 0 N–H and O–H groups in total. The molecule has 0 unspecified atom stereocenters. The van der Waals surface area contributed by atoms with Crippen molar-refractivity contribution in [2.24, 2.45) is 0 Å². The van der Waals surface area contributed by atoms with E-state index in [0.29, 0.717) is 0 Å². The van der Waals surface area contributed by atoms with Gasteiger partial charge in [0.15, 0.2) is 0 Å². The van der Waals surface area contributed by atoms with Gasteiger partial charge in [-0.1, -0.05) is 44.2 Å². The predicted molar refractivity (Wildman–Crippen MR) is 86.8 cm³/mol. The third kappa shape index (κ3) is 3.23. The topological polar surface area (TPSA) is 3.24 Å². The van der Waals surface area contributed by atoms with Gasteiger partial charge in [0, 0.05) is 0 Å². The number of nitrogens with zero attached hydrogens (tertiary/aromatic N) is 1. The SMILES string of the molecule is C=C[Si](C)(C)N([Si](C)(C)C=C)S(C)(C)C=C. The summed E-state index contributed by atoms with van der Waals surface area (Å²) in [7, 11) is -4.05. The highest BCUT2D eigenvalue weighted by molar-refractivity contribution is 8.34. The zero-order valence-corrected chi connectivity index (χ0v) is 14.5. The lowest BCUT2D eigenvalue weighted by atomic mass is 11.3. The highest BCUT2D eigenvalue weighted by Gasteiger charge is 2.42. The van der Waals surface area contributed by atoms with Crippen molar-refractivity contribution in [1.29, 1.82) is 0 Å². The Labute approximate surface area is 106 Å². The van der Waals surface area contributed by atoms with E-state index in [4.69, 9.17) is 0 Å². The third-order valence-corrected chi connectivity index (χ3v) is 17.9. The van der Waals surface area contributed by atoms with Crippen molar-refractivity contribution in [3.63, 3.8) is 0 Å². The first kappa shape index (κ1) is 16.0. The first-order valence-electron chi connectivity index (χ1n) is 5.48. The van der Waals surface area contributed by atoms with Crippen molar-refractivity contribution < 1.29 is 0 Å². The quantitative estimate of drug-likeness (QED) is 0.653. The minimum absolute atomic E-state index is 0.922. The van der Waals surface area contributed by atoms with Gasteiger partial charge in [0.05, 0.1) is 0 Å². The van der Waals surface area contributed by atoms with E-state index in [-0.39, 0.29) is 0 Å². The molecule has 0 aliphatic heterocycles. The van der Waals surface area contributed by atoms with Crippen LogP contribution < -0.4 is 0 Å². The van der Waals surface area contributed by atoms with E-state index in [1.165, 1.54) is 0 Å². The fraction of sp³-hybridized carbons (Fsp3) is 0.500. The molecule has 0 amide bonds. The fourth-order valence-electron chi connectivity index (χ4n) is 2.20. The predicted octanol–water partition coefficient (Wildman–Crippen LogP) is 4.27. The molecule has 0 spiro atoms. The molecule has 0 radical (unpaired) electrons. The summed E-state index contributed by atoms with van der Waals surface area (Å²) in [5, 5.41) is 2.13. The molecule has 0 aromatic carbocycles. The molecule has 0 atom stereocenters. The van der Waals surface area contributed by atoms with Gasteiger partial charge < -0.3 is 0 Å². The van der Waals surface area contributed by atoms with E-state index in [1.54, 1.807) is 0 Å². The largest absolute Gasteiger partial charge is 0.298 e. The molecule has 0 heterocycles. The molecule has 0 aliphatic rings. The van der Waals surface area contributed by atoms with E-state index in [1.807, 2.05) is 0 Å². The Morgan fingerprint density at radius 3 is 1.38 bits per heavy atom. The Hall–Kier alpha value is -0.0362. The van der Waals surface area contributed by atoms with Crippen LogP contribution in [-0.2, 0) is 0 Å². The van der Waals surface area contributed by atoms with Crippen molar-refractivity contribution in [2.45, 2.75) is 26.2 Å². The molecule has 94 valence electrons. The monoisotopic (exact) mass is 273 g/mol. The highest BCUT2D eigenvalue weighted by Crippen LogP contribution is 2.51. The van der Waals surface area contributed by atoms with E-state index in [2.05, 4.69) is 78.9 Å². The van der Waals surface area contributed by atoms with Crippen LogP contribution in [0, 0.1) is 0 Å². The smallest absolute Gasteiger partial charge is 0.148 e. The van der Waals surface area contributed by atoms with Crippen molar-refractivity contribution in [2.75, 3.05) is 12.5 Å². The molecule has 1 nitrogen and oxygen atoms in total. The lowest BCUT2D eigenvalue weighted by Gasteiger charge is -2.55. The van der Waals surface area contributed by atoms with Gasteiger partial charge in [-0.2, -0.15) is 10.2 Å². The van der Waals surface area contributed by atoms with Crippen LogP contribution in [0.1, 0.15) is 0 Å². The second-order valence-electron chi connectivity index (χ2n) is 5.53. The summed E-state index contributed by atoms with van der Waals surface area (Å²) in [5.41, 5.74) is 4.34. The second-order valence-corrected chi connectivity index (χ2v) is 18.3. The highest BCUT2D eigenvalue weighted by atomic mass is 32.3. The summed E-state index contributed by atoms with van der Waals surface area (Å²) in [5.74, 6) is 0. The van der Waals surface area contributed by atoms with E-state index in [9.17, 15) is 0 Å². The molecule has 0 fully saturated rings. The average molecular weight is 274 g/mol. The van der Waals surface area contributed by atoms with Gasteiger partial charge in [-0.15, -0.1) is 13.2 Å². The maximum Gasteiger partial charge on any atom is 0.148 e. The molecule has 0 rings (SSSR count). The average Bonchev–Trinajstić information content (AvgIpc) is 2.16. The molecule has 0 saturated carbocycles. The van der Waals surface area contributed by atoms with Crippen LogP contribution >= 0.6 is 10.2 Å². The molecule has 4 heteroatoms. The number of rotatable bonds is 6. The molecule has 0 aromatic heterocycles. The summed E-state index contributed by atoms with van der Waals surface area (Å²) < 4.78 is 2.74. The van der Waals surface area contributed by atoms with E-state index < -0.39 is 26.7 Å². The van der Waals surface area contributed by atoms with Crippen LogP contribution in [0.25, 0.3) is 0 Å². The third-order valence-electron chi connectivity index (χ3n) is 2.92. The minimum Gasteiger partial charge on any atom is -0.298 e. The zero-order chi connectivity index (χ0) is 13.2. The number of hydrogen-bond donors (Lipinski definition) is 0. The van der Waals surface area contributed by atoms with E-state index in [0.717, 1.165) is 0 Å². The van der Waals surface area contributed by atoms with Crippen molar-refractivity contribution in [3.8, 4) is 0 Å². The Kier molecular flexibility index (Phi) is 5.07. The summed E-state index contributed by atoms with van der Waals surface area (Å²) in [4.78, 5) is 0. The van der Waals surface area contributed by atoms with Crippen molar-refractivity contribution >= 4 is 26.7 Å². The van der Waals surface area contributed by atoms with Gasteiger partial charge in [0.2, 0.25) is 0 Å². The second kappa shape index (κ2) is 5.08. The fourth-order valence-corrected chi connectivity index (χ4v) is 19.8. The van der Waals surface area contributed by atoms with Gasteiger partial charge in [0.1, 0.15) is 16.5 Å². The Bertz CT molecular complexity index is 248. The van der Waals surface area contributed by atoms with Gasteiger partial charge in [0.25, 0.3) is 0 Å². The first-order chi connectivity index (χ1) is 7.05. The minimum atomic E-state index is -1.57. The summed E-state index contributed by atoms with van der Waals surface area (Å²) in [6.07, 6.45) is 4.63. The standard InChI is InChI=1S/C12H27NSSi2/c1-10-14(4,5)13(15(6,7)11-2)16(8,9)12-3/h10-12H,1-3H2,4-9H3. The summed E-state index contributed by atoms with van der Waals surface area (Å²) in [6.45, 7) is 21.5. The van der Waals surface area contributed by atoms with Crippen LogP contribution in [0.3, 0.4) is 0 Å². The lowest BCUT2D eigenvalue weighted by Crippen LogP contribution is -2.60. The number of hydrogen-bond acceptors (Lipinski definition) is 1. The van der Waals surface area contributed by atoms with Crippen molar-refractivity contribution in [3.05, 3.63) is 36.5 Å². The molecule has 0 bridgehead atoms. The van der Waals surface area contributed by atoms with Gasteiger partial charge >= 0.3 is 0 Å². The zero-order valence-electron chi connectivity index (χ0n) is 11.7.